The van der Waals surface area contributed by atoms with Crippen LogP contribution in [-0.4, -0.2) is 23.5 Å². The first-order valence-electron chi connectivity index (χ1n) is 6.75. The van der Waals surface area contributed by atoms with Crippen LogP contribution in [0.4, 0.5) is 0 Å². The summed E-state index contributed by atoms with van der Waals surface area (Å²) in [4.78, 5) is 2.65. The van der Waals surface area contributed by atoms with Gasteiger partial charge in [0, 0.05) is 18.1 Å². The Morgan fingerprint density at radius 3 is 2.82 bits per heavy atom. The lowest BCUT2D eigenvalue weighted by atomic mass is 9.86. The zero-order valence-corrected chi connectivity index (χ0v) is 10.6. The van der Waals surface area contributed by atoms with Gasteiger partial charge in [-0.2, -0.15) is 0 Å². The Balaban J connectivity index is 1.75. The van der Waals surface area contributed by atoms with Gasteiger partial charge in [-0.1, -0.05) is 30.3 Å². The quantitative estimate of drug-likeness (QED) is 0.846. The zero-order valence-electron chi connectivity index (χ0n) is 10.6. The summed E-state index contributed by atoms with van der Waals surface area (Å²) < 4.78 is 0. The molecule has 3 rings (SSSR count). The number of nitrogens with zero attached hydrogens (tertiary/aromatic N) is 1. The van der Waals surface area contributed by atoms with Crippen LogP contribution in [0.5, 0.6) is 0 Å². The van der Waals surface area contributed by atoms with E-state index in [2.05, 4.69) is 42.2 Å². The van der Waals surface area contributed by atoms with Gasteiger partial charge >= 0.3 is 0 Å². The van der Waals surface area contributed by atoms with Crippen LogP contribution in [0.3, 0.4) is 0 Å². The van der Waals surface area contributed by atoms with Crippen LogP contribution in [0.15, 0.2) is 30.3 Å². The van der Waals surface area contributed by atoms with E-state index < -0.39 is 0 Å². The molecule has 2 heteroatoms. The highest BCUT2D eigenvalue weighted by Gasteiger charge is 2.46. The van der Waals surface area contributed by atoms with Crippen molar-refractivity contribution >= 4 is 0 Å². The SMILES string of the molecule is CC12CCCN1C[C@@H]([C@@H](N)c1ccccc1)C2. The number of benzene rings is 1. The van der Waals surface area contributed by atoms with E-state index >= 15 is 0 Å². The van der Waals surface area contributed by atoms with Crippen LogP contribution in [0.1, 0.15) is 37.8 Å². The Hall–Kier alpha value is -0.860. The minimum Gasteiger partial charge on any atom is -0.324 e. The van der Waals surface area contributed by atoms with Gasteiger partial charge in [-0.3, -0.25) is 4.90 Å². The van der Waals surface area contributed by atoms with E-state index in [1.54, 1.807) is 0 Å². The van der Waals surface area contributed by atoms with Crippen molar-refractivity contribution in [3.8, 4) is 0 Å². The Morgan fingerprint density at radius 2 is 2.12 bits per heavy atom. The van der Waals surface area contributed by atoms with Gasteiger partial charge in [0.25, 0.3) is 0 Å². The molecule has 3 atom stereocenters. The molecule has 2 saturated heterocycles. The molecule has 17 heavy (non-hydrogen) atoms. The largest absolute Gasteiger partial charge is 0.324 e. The Kier molecular flexibility index (Phi) is 2.72. The highest BCUT2D eigenvalue weighted by atomic mass is 15.2. The van der Waals surface area contributed by atoms with Crippen LogP contribution in [0.25, 0.3) is 0 Å². The van der Waals surface area contributed by atoms with Crippen molar-refractivity contribution in [3.63, 3.8) is 0 Å². The number of hydrogen-bond donors (Lipinski definition) is 1. The number of fused-ring (bicyclic) bond motifs is 1. The Labute approximate surface area is 104 Å². The lowest BCUT2D eigenvalue weighted by Crippen LogP contribution is -2.34. The molecule has 2 aliphatic rings. The third-order valence-corrected chi connectivity index (χ3v) is 4.76. The van der Waals surface area contributed by atoms with Crippen LogP contribution >= 0.6 is 0 Å². The molecule has 92 valence electrons. The molecule has 0 aliphatic carbocycles. The van der Waals surface area contributed by atoms with E-state index in [0.717, 1.165) is 0 Å². The predicted octanol–water partition coefficient (Wildman–Crippen LogP) is 2.56. The second-order valence-electron chi connectivity index (χ2n) is 5.95. The summed E-state index contributed by atoms with van der Waals surface area (Å²) in [5.41, 5.74) is 8.17. The fourth-order valence-electron chi connectivity index (χ4n) is 3.72. The molecule has 2 aliphatic heterocycles. The molecule has 0 aromatic heterocycles. The number of hydrogen-bond acceptors (Lipinski definition) is 2. The van der Waals surface area contributed by atoms with E-state index in [-0.39, 0.29) is 6.04 Å². The third kappa shape index (κ3) is 1.90. The highest BCUT2D eigenvalue weighted by molar-refractivity contribution is 5.20. The van der Waals surface area contributed by atoms with Crippen LogP contribution in [0.2, 0.25) is 0 Å². The van der Waals surface area contributed by atoms with Crippen molar-refractivity contribution in [2.24, 2.45) is 11.7 Å². The normalized spacial score (nSPS) is 34.8. The van der Waals surface area contributed by atoms with Crippen molar-refractivity contribution in [1.29, 1.82) is 0 Å². The highest BCUT2D eigenvalue weighted by Crippen LogP contribution is 2.44. The summed E-state index contributed by atoms with van der Waals surface area (Å²) in [6, 6.07) is 10.8. The van der Waals surface area contributed by atoms with Gasteiger partial charge in [0.1, 0.15) is 0 Å². The average molecular weight is 230 g/mol. The number of nitrogens with two attached hydrogens (primary N) is 1. The minimum atomic E-state index is 0.207. The van der Waals surface area contributed by atoms with Crippen molar-refractivity contribution in [3.05, 3.63) is 35.9 Å². The van der Waals surface area contributed by atoms with Crippen LogP contribution < -0.4 is 5.73 Å². The fourth-order valence-corrected chi connectivity index (χ4v) is 3.72. The Bertz CT molecular complexity index is 389. The molecule has 0 amide bonds. The minimum absolute atomic E-state index is 0.207. The van der Waals surface area contributed by atoms with E-state index in [4.69, 9.17) is 5.73 Å². The molecule has 1 aromatic rings. The van der Waals surface area contributed by atoms with E-state index in [9.17, 15) is 0 Å². The van der Waals surface area contributed by atoms with Crippen molar-refractivity contribution < 1.29 is 0 Å². The van der Waals surface area contributed by atoms with Gasteiger partial charge < -0.3 is 5.73 Å². The van der Waals surface area contributed by atoms with E-state index in [0.29, 0.717) is 11.5 Å². The molecule has 2 fully saturated rings. The predicted molar refractivity (Wildman–Crippen MR) is 70.7 cm³/mol. The van der Waals surface area contributed by atoms with Gasteiger partial charge in [-0.15, -0.1) is 0 Å². The fraction of sp³-hybridized carbons (Fsp3) is 0.600. The molecular formula is C15H22N2. The Morgan fingerprint density at radius 1 is 1.35 bits per heavy atom. The lowest BCUT2D eigenvalue weighted by Gasteiger charge is -2.26. The second kappa shape index (κ2) is 4.11. The topological polar surface area (TPSA) is 29.3 Å². The summed E-state index contributed by atoms with van der Waals surface area (Å²) in [5.74, 6) is 0.628. The smallest absolute Gasteiger partial charge is 0.0336 e. The molecule has 0 radical (unpaired) electrons. The van der Waals surface area contributed by atoms with Gasteiger partial charge in [0.2, 0.25) is 0 Å². The van der Waals surface area contributed by atoms with Gasteiger partial charge in [0.15, 0.2) is 0 Å². The first-order chi connectivity index (χ1) is 8.19. The van der Waals surface area contributed by atoms with Crippen LogP contribution in [-0.2, 0) is 0 Å². The summed E-state index contributed by atoms with van der Waals surface area (Å²) >= 11 is 0. The van der Waals surface area contributed by atoms with Crippen LogP contribution in [0, 0.1) is 5.92 Å². The number of rotatable bonds is 2. The molecule has 0 saturated carbocycles. The van der Waals surface area contributed by atoms with Gasteiger partial charge in [-0.25, -0.2) is 0 Å². The van der Waals surface area contributed by atoms with Crippen molar-refractivity contribution in [2.45, 2.75) is 37.8 Å². The molecule has 1 unspecified atom stereocenters. The van der Waals surface area contributed by atoms with Crippen molar-refractivity contribution in [2.75, 3.05) is 13.1 Å². The maximum absolute atomic E-state index is 6.44. The molecule has 2 N–H and O–H groups in total. The molecule has 0 bridgehead atoms. The summed E-state index contributed by atoms with van der Waals surface area (Å²) in [7, 11) is 0. The average Bonchev–Trinajstić information content (AvgIpc) is 2.84. The lowest BCUT2D eigenvalue weighted by molar-refractivity contribution is 0.217. The van der Waals surface area contributed by atoms with Crippen molar-refractivity contribution in [1.82, 2.24) is 4.90 Å². The first-order valence-corrected chi connectivity index (χ1v) is 6.75. The standard InChI is InChI=1S/C15H22N2/c1-15-8-5-9-17(15)11-13(10-15)14(16)12-6-3-2-4-7-12/h2-4,6-7,13-14H,5,8-11,16H2,1H3/t13-,14-,15?/m0/s1. The van der Waals surface area contributed by atoms with Gasteiger partial charge in [-0.05, 0) is 44.2 Å². The summed E-state index contributed by atoms with van der Waals surface area (Å²) in [6.07, 6.45) is 3.98. The van der Waals surface area contributed by atoms with Gasteiger partial charge in [0.05, 0.1) is 0 Å². The molecule has 1 aromatic carbocycles. The second-order valence-corrected chi connectivity index (χ2v) is 5.95. The zero-order chi connectivity index (χ0) is 11.9. The van der Waals surface area contributed by atoms with E-state index in [1.807, 2.05) is 0 Å². The summed E-state index contributed by atoms with van der Waals surface area (Å²) in [5, 5.41) is 0. The summed E-state index contributed by atoms with van der Waals surface area (Å²) in [6.45, 7) is 4.87. The monoisotopic (exact) mass is 230 g/mol. The molecular weight excluding hydrogens is 208 g/mol. The molecule has 0 spiro atoms. The van der Waals surface area contributed by atoms with E-state index in [1.165, 1.54) is 37.9 Å². The molecule has 2 heterocycles. The molecule has 2 nitrogen and oxygen atoms in total. The maximum Gasteiger partial charge on any atom is 0.0336 e. The maximum atomic E-state index is 6.44. The third-order valence-electron chi connectivity index (χ3n) is 4.76. The first kappa shape index (κ1) is 11.2.